The van der Waals surface area contributed by atoms with E-state index in [0.29, 0.717) is 22.5 Å². The number of carbonyl (C=O) groups excluding carboxylic acids is 1. The zero-order valence-corrected chi connectivity index (χ0v) is 32.0. The molecular formula is C25H27ClF2K2N6O10. The van der Waals surface area contributed by atoms with Crippen molar-refractivity contribution in [2.45, 2.75) is 25.7 Å². The first kappa shape index (κ1) is 46.2. The summed E-state index contributed by atoms with van der Waals surface area (Å²) in [5.41, 5.74) is 1.97. The number of aromatic hydroxyl groups is 1. The second kappa shape index (κ2) is 24.2. The molecule has 3 N–H and O–H groups in total. The van der Waals surface area contributed by atoms with E-state index < -0.39 is 33.7 Å². The molecular weight excluding hydrogens is 696 g/mol. The number of aliphatic hydroxyl groups is 2. The molecule has 2 heterocycles. The fraction of sp³-hybridized carbons (Fsp3) is 0.240. The van der Waals surface area contributed by atoms with Gasteiger partial charge in [-0.25, -0.2) is 17.9 Å². The van der Waals surface area contributed by atoms with Gasteiger partial charge in [0, 0.05) is 6.47 Å². The number of ether oxygens (including phenoxy) is 1. The number of hydrogen-bond acceptors (Lipinski definition) is 12. The molecule has 2 aromatic carbocycles. The molecule has 16 nitrogen and oxygen atoms in total. The largest absolute Gasteiger partial charge is 1.00 e. The van der Waals surface area contributed by atoms with Crippen molar-refractivity contribution >= 4 is 30.0 Å². The van der Waals surface area contributed by atoms with Crippen LogP contribution in [0.1, 0.15) is 23.9 Å². The van der Waals surface area contributed by atoms with E-state index in [1.54, 1.807) is 7.05 Å². The molecule has 0 saturated heterocycles. The summed E-state index contributed by atoms with van der Waals surface area (Å²) in [4.78, 5) is 35.2. The second-order valence-electron chi connectivity index (χ2n) is 8.12. The summed E-state index contributed by atoms with van der Waals surface area (Å²) in [6, 6.07) is 7.85. The smallest absolute Gasteiger partial charge is 1.00 e. The number of hydrogen-bond donors (Lipinski definition) is 3. The number of carboxylic acid groups (broad SMARTS) is 1. The van der Waals surface area contributed by atoms with Crippen LogP contribution in [0, 0.1) is 31.9 Å². The number of phenolic OH excluding ortho intramolecular Hbond substituents is 1. The van der Waals surface area contributed by atoms with Crippen LogP contribution < -0.4 is 113 Å². The molecule has 4 rings (SSSR count). The summed E-state index contributed by atoms with van der Waals surface area (Å²) in [6.45, 7) is -1.02. The van der Waals surface area contributed by atoms with Gasteiger partial charge in [-0.2, -0.15) is 0 Å². The summed E-state index contributed by atoms with van der Waals surface area (Å²) >= 11 is 5.47. The molecule has 21 heteroatoms. The number of benzene rings is 2. The van der Waals surface area contributed by atoms with Crippen LogP contribution in [0.2, 0.25) is 0 Å². The second-order valence-corrected chi connectivity index (χ2v) is 8.38. The minimum Gasteiger partial charge on any atom is -1.00 e. The molecule has 0 atom stereocenters. The number of aliphatic hydroxyl groups excluding tert-OH is 2. The van der Waals surface area contributed by atoms with E-state index in [0.717, 1.165) is 6.07 Å². The van der Waals surface area contributed by atoms with Gasteiger partial charge < -0.3 is 51.6 Å². The van der Waals surface area contributed by atoms with E-state index in [9.17, 15) is 29.0 Å². The molecule has 0 aliphatic rings. The summed E-state index contributed by atoms with van der Waals surface area (Å²) in [6.07, 6.45) is 2.70. The van der Waals surface area contributed by atoms with Crippen LogP contribution in [-0.4, -0.2) is 50.7 Å². The Bertz CT molecular complexity index is 1570. The first-order valence-electron chi connectivity index (χ1n) is 11.9. The van der Waals surface area contributed by atoms with E-state index in [4.69, 9.17) is 41.6 Å². The van der Waals surface area contributed by atoms with Crippen LogP contribution >= 0.6 is 11.6 Å². The van der Waals surface area contributed by atoms with Gasteiger partial charge in [0.15, 0.2) is 28.8 Å². The van der Waals surface area contributed by atoms with E-state index in [2.05, 4.69) is 9.97 Å². The standard InChI is InChI=1S/C12H12FN3O4.C7H7FO2.C5H6ClN3O2.CH2O2.2K.H/c1-15-9(5-14-12(15)16(18)19)7-20-11-3-2-8(6-17)4-10(11)13;8-6-3-5(4-9)1-2-7(6)10;1-8-4(2-6)3-7-5(8)9(10)11;2-1-3;;;/h2-5,17H,6-7H2,1H3;1-3,9-10H,4H2;3H,2H2,1H3;1H,(H,2,3);;;/q;;;;2*+1;-1/p-1. The minimum atomic E-state index is -0.702. The molecule has 0 saturated carbocycles. The van der Waals surface area contributed by atoms with Crippen molar-refractivity contribution < 1.29 is 153 Å². The molecule has 4 aromatic rings. The molecule has 0 radical (unpaired) electrons. The van der Waals surface area contributed by atoms with Crippen molar-refractivity contribution in [2.75, 3.05) is 0 Å². The maximum Gasteiger partial charge on any atom is 1.00 e. The van der Waals surface area contributed by atoms with Crippen LogP contribution in [0.5, 0.6) is 11.5 Å². The third-order valence-electron chi connectivity index (χ3n) is 5.33. The molecule has 0 aliphatic carbocycles. The van der Waals surface area contributed by atoms with Gasteiger partial charge in [0.25, 0.3) is 0 Å². The minimum absolute atomic E-state index is 0. The normalized spacial score (nSPS) is 9.37. The van der Waals surface area contributed by atoms with E-state index in [1.165, 1.54) is 58.9 Å². The van der Waals surface area contributed by atoms with Gasteiger partial charge >= 0.3 is 115 Å². The average molecular weight is 723 g/mol. The van der Waals surface area contributed by atoms with E-state index in [-0.39, 0.29) is 148 Å². The summed E-state index contributed by atoms with van der Waals surface area (Å²) < 4.78 is 33.9. The Hall–Kier alpha value is -1.93. The maximum atomic E-state index is 13.6. The van der Waals surface area contributed by atoms with Gasteiger partial charge in [0.1, 0.15) is 24.7 Å². The molecule has 240 valence electrons. The third-order valence-corrected chi connectivity index (χ3v) is 5.61. The predicted octanol–water partition coefficient (Wildman–Crippen LogP) is -3.88. The topological polar surface area (TPSA) is 232 Å². The number of imidazole rings is 2. The van der Waals surface area contributed by atoms with Crippen molar-refractivity contribution in [3.63, 3.8) is 0 Å². The predicted molar refractivity (Wildman–Crippen MR) is 147 cm³/mol. The summed E-state index contributed by atoms with van der Waals surface area (Å²) in [5, 5.41) is 55.2. The van der Waals surface area contributed by atoms with Crippen LogP contribution in [0.3, 0.4) is 0 Å². The zero-order chi connectivity index (χ0) is 33.4. The Kier molecular flexibility index (Phi) is 24.4. The van der Waals surface area contributed by atoms with Gasteiger partial charge in [-0.3, -0.25) is 0 Å². The van der Waals surface area contributed by atoms with Crippen LogP contribution in [-0.2, 0) is 44.6 Å². The van der Waals surface area contributed by atoms with Crippen molar-refractivity contribution in [3.05, 3.63) is 103 Å². The Morgan fingerprint density at radius 3 is 1.72 bits per heavy atom. The van der Waals surface area contributed by atoms with E-state index >= 15 is 0 Å². The molecule has 0 bridgehead atoms. The van der Waals surface area contributed by atoms with Crippen molar-refractivity contribution in [1.29, 1.82) is 0 Å². The fourth-order valence-corrected chi connectivity index (χ4v) is 3.27. The summed E-state index contributed by atoms with van der Waals surface area (Å²) in [7, 11) is 3.04. The molecule has 0 aliphatic heterocycles. The number of phenols is 1. The molecule has 0 unspecified atom stereocenters. The first-order valence-corrected chi connectivity index (χ1v) is 12.4. The van der Waals surface area contributed by atoms with E-state index in [1.807, 2.05) is 0 Å². The van der Waals surface area contributed by atoms with Gasteiger partial charge in [-0.15, -0.1) is 11.6 Å². The Morgan fingerprint density at radius 1 is 0.913 bits per heavy atom. The SMILES string of the molecule is Cn1c(CCl)cnc1[N+](=O)[O-].Cn1c(COc2ccc(CO)cc2F)cnc1[N+](=O)[O-].O=C[O-].OCc1ccc(O)c(F)c1.[H-].[K+].[K+]. The van der Waals surface area contributed by atoms with Gasteiger partial charge in [0.05, 0.1) is 33.2 Å². The molecule has 0 fully saturated rings. The first-order chi connectivity index (χ1) is 20.8. The Balaban J connectivity index is -0.000000616. The average Bonchev–Trinajstić information content (AvgIpc) is 3.56. The molecule has 46 heavy (non-hydrogen) atoms. The Labute approximate surface area is 351 Å². The van der Waals surface area contributed by atoms with Crippen LogP contribution in [0.15, 0.2) is 48.8 Å². The summed E-state index contributed by atoms with van der Waals surface area (Å²) in [5.74, 6) is -1.94. The molecule has 2 aromatic heterocycles. The molecule has 0 spiro atoms. The number of aromatic nitrogens is 4. The number of nitro groups is 2. The number of carbonyl (C=O) groups is 1. The fourth-order valence-electron chi connectivity index (χ4n) is 3.03. The van der Waals surface area contributed by atoms with Crippen molar-refractivity contribution in [2.24, 2.45) is 14.1 Å². The maximum absolute atomic E-state index is 13.6. The number of nitrogens with zero attached hydrogens (tertiary/aromatic N) is 6. The van der Waals surface area contributed by atoms with Gasteiger partial charge in [-0.1, -0.05) is 22.1 Å². The number of alkyl halides is 1. The number of halogens is 3. The van der Waals surface area contributed by atoms with Crippen molar-refractivity contribution in [3.8, 4) is 11.5 Å². The van der Waals surface area contributed by atoms with Crippen molar-refractivity contribution in [1.82, 2.24) is 19.1 Å². The van der Waals surface area contributed by atoms with Gasteiger partial charge in [0.2, 0.25) is 0 Å². The number of rotatable bonds is 8. The Morgan fingerprint density at radius 2 is 1.35 bits per heavy atom. The third kappa shape index (κ3) is 14.9. The van der Waals surface area contributed by atoms with Crippen LogP contribution in [0.4, 0.5) is 20.7 Å². The monoisotopic (exact) mass is 722 g/mol. The quantitative estimate of drug-likeness (QED) is 0.0521. The van der Waals surface area contributed by atoms with Gasteiger partial charge in [-0.05, 0) is 45.2 Å². The van der Waals surface area contributed by atoms with Crippen LogP contribution in [0.25, 0.3) is 0 Å². The molecule has 0 amide bonds. The zero-order valence-electron chi connectivity index (χ0n) is 26.0.